The molecular formula is C12H7BrFN3O3. The first-order valence-corrected chi connectivity index (χ1v) is 6.13. The summed E-state index contributed by atoms with van der Waals surface area (Å²) in [7, 11) is 0. The molecule has 0 saturated heterocycles. The zero-order chi connectivity index (χ0) is 14.7. The van der Waals surface area contributed by atoms with Gasteiger partial charge in [-0.05, 0) is 34.1 Å². The van der Waals surface area contributed by atoms with Crippen molar-refractivity contribution in [2.24, 2.45) is 0 Å². The first kappa shape index (κ1) is 14.1. The summed E-state index contributed by atoms with van der Waals surface area (Å²) in [4.78, 5) is 25.5. The molecule has 20 heavy (non-hydrogen) atoms. The van der Waals surface area contributed by atoms with E-state index >= 15 is 0 Å². The number of pyridine rings is 1. The normalized spacial score (nSPS) is 10.1. The predicted octanol–water partition coefficient (Wildman–Crippen LogP) is 3.14. The van der Waals surface area contributed by atoms with E-state index in [2.05, 4.69) is 26.2 Å². The second-order valence-electron chi connectivity index (χ2n) is 3.74. The molecule has 0 saturated carbocycles. The summed E-state index contributed by atoms with van der Waals surface area (Å²) >= 11 is 3.14. The van der Waals surface area contributed by atoms with Gasteiger partial charge in [-0.2, -0.15) is 0 Å². The molecule has 0 aliphatic carbocycles. The lowest BCUT2D eigenvalue weighted by Crippen LogP contribution is -2.14. The summed E-state index contributed by atoms with van der Waals surface area (Å²) < 4.78 is 14.2. The van der Waals surface area contributed by atoms with Crippen LogP contribution in [-0.2, 0) is 0 Å². The van der Waals surface area contributed by atoms with Crippen LogP contribution < -0.4 is 5.32 Å². The van der Waals surface area contributed by atoms with Crippen LogP contribution in [0.15, 0.2) is 41.1 Å². The molecule has 6 nitrogen and oxygen atoms in total. The van der Waals surface area contributed by atoms with E-state index in [0.29, 0.717) is 16.4 Å². The maximum absolute atomic E-state index is 13.6. The Morgan fingerprint density at radius 1 is 1.35 bits per heavy atom. The SMILES string of the molecule is O=C(Nc1ccc(Br)nc1)c1ccc([N+](=O)[O-])cc1F. The zero-order valence-corrected chi connectivity index (χ0v) is 11.4. The number of nitrogens with one attached hydrogen (secondary N) is 1. The highest BCUT2D eigenvalue weighted by molar-refractivity contribution is 9.10. The van der Waals surface area contributed by atoms with Crippen molar-refractivity contribution in [2.75, 3.05) is 5.32 Å². The Hall–Kier alpha value is -2.35. The fraction of sp³-hybridized carbons (Fsp3) is 0. The van der Waals surface area contributed by atoms with Crippen molar-refractivity contribution in [3.8, 4) is 0 Å². The van der Waals surface area contributed by atoms with Crippen molar-refractivity contribution in [3.05, 3.63) is 62.6 Å². The van der Waals surface area contributed by atoms with Gasteiger partial charge in [-0.15, -0.1) is 0 Å². The van der Waals surface area contributed by atoms with E-state index in [9.17, 15) is 19.3 Å². The molecule has 8 heteroatoms. The zero-order valence-electron chi connectivity index (χ0n) is 9.84. The van der Waals surface area contributed by atoms with Crippen molar-refractivity contribution in [3.63, 3.8) is 0 Å². The van der Waals surface area contributed by atoms with Crippen molar-refractivity contribution in [1.29, 1.82) is 0 Å². The molecule has 0 radical (unpaired) electrons. The summed E-state index contributed by atoms with van der Waals surface area (Å²) in [6, 6.07) is 6.03. The molecule has 2 rings (SSSR count). The van der Waals surface area contributed by atoms with Crippen molar-refractivity contribution in [2.45, 2.75) is 0 Å². The van der Waals surface area contributed by atoms with Gasteiger partial charge in [-0.25, -0.2) is 9.37 Å². The van der Waals surface area contributed by atoms with Gasteiger partial charge in [0.25, 0.3) is 11.6 Å². The van der Waals surface area contributed by atoms with Crippen LogP contribution in [0.1, 0.15) is 10.4 Å². The minimum atomic E-state index is -0.957. The Balaban J connectivity index is 2.21. The third kappa shape index (κ3) is 3.15. The van der Waals surface area contributed by atoms with Crippen LogP contribution in [0.5, 0.6) is 0 Å². The van der Waals surface area contributed by atoms with Crippen LogP contribution in [0.3, 0.4) is 0 Å². The molecule has 0 atom stereocenters. The molecule has 0 aliphatic rings. The first-order chi connectivity index (χ1) is 9.47. The van der Waals surface area contributed by atoms with Crippen molar-refractivity contribution >= 4 is 33.2 Å². The Morgan fingerprint density at radius 3 is 2.65 bits per heavy atom. The lowest BCUT2D eigenvalue weighted by molar-refractivity contribution is -0.385. The number of carbonyl (C=O) groups excluding carboxylic acids is 1. The lowest BCUT2D eigenvalue weighted by atomic mass is 10.1. The number of carbonyl (C=O) groups is 1. The number of nitro groups is 1. The number of nitro benzene ring substituents is 1. The Morgan fingerprint density at radius 2 is 2.10 bits per heavy atom. The summed E-state index contributed by atoms with van der Waals surface area (Å²) in [6.07, 6.45) is 1.39. The van der Waals surface area contributed by atoms with Gasteiger partial charge in [-0.3, -0.25) is 14.9 Å². The molecule has 1 heterocycles. The third-order valence-corrected chi connectivity index (χ3v) is 2.86. The molecule has 0 fully saturated rings. The van der Waals surface area contributed by atoms with E-state index in [1.165, 1.54) is 6.20 Å². The predicted molar refractivity (Wildman–Crippen MR) is 72.9 cm³/mol. The van der Waals surface area contributed by atoms with Gasteiger partial charge in [-0.1, -0.05) is 0 Å². The molecule has 0 aliphatic heterocycles. The van der Waals surface area contributed by atoms with Crippen LogP contribution in [0.4, 0.5) is 15.8 Å². The van der Waals surface area contributed by atoms with Crippen molar-refractivity contribution < 1.29 is 14.1 Å². The Bertz CT molecular complexity index is 676. The van der Waals surface area contributed by atoms with E-state index in [-0.39, 0.29) is 5.56 Å². The molecular weight excluding hydrogens is 333 g/mol. The summed E-state index contributed by atoms with van der Waals surface area (Å²) in [5.41, 5.74) is -0.307. The molecule has 1 aromatic carbocycles. The second kappa shape index (κ2) is 5.74. The third-order valence-electron chi connectivity index (χ3n) is 2.39. The topological polar surface area (TPSA) is 85.1 Å². The fourth-order valence-electron chi connectivity index (χ4n) is 1.45. The van der Waals surface area contributed by atoms with Gasteiger partial charge >= 0.3 is 0 Å². The lowest BCUT2D eigenvalue weighted by Gasteiger charge is -2.05. The number of nitrogens with zero attached hydrogens (tertiary/aromatic N) is 2. The molecule has 0 spiro atoms. The number of hydrogen-bond acceptors (Lipinski definition) is 4. The highest BCUT2D eigenvalue weighted by Crippen LogP contribution is 2.18. The average molecular weight is 340 g/mol. The maximum atomic E-state index is 13.6. The molecule has 0 bridgehead atoms. The number of aromatic nitrogens is 1. The molecule has 1 aromatic heterocycles. The van der Waals surface area contributed by atoms with Crippen LogP contribution in [0.25, 0.3) is 0 Å². The van der Waals surface area contributed by atoms with Gasteiger partial charge in [0.15, 0.2) is 0 Å². The number of hydrogen-bond donors (Lipinski definition) is 1. The van der Waals surface area contributed by atoms with Gasteiger partial charge in [0.1, 0.15) is 10.4 Å². The van der Waals surface area contributed by atoms with E-state index in [1.807, 2.05) is 0 Å². The summed E-state index contributed by atoms with van der Waals surface area (Å²) in [5.74, 6) is -1.66. The van der Waals surface area contributed by atoms with Crippen LogP contribution >= 0.6 is 15.9 Å². The molecule has 1 amide bonds. The smallest absolute Gasteiger partial charge is 0.272 e. The minimum absolute atomic E-state index is 0.279. The molecule has 0 unspecified atom stereocenters. The van der Waals surface area contributed by atoms with Crippen molar-refractivity contribution in [1.82, 2.24) is 4.98 Å². The van der Waals surface area contributed by atoms with Gasteiger partial charge < -0.3 is 5.32 Å². The fourth-order valence-corrected chi connectivity index (χ4v) is 1.68. The monoisotopic (exact) mass is 339 g/mol. The number of halogens is 2. The number of anilines is 1. The number of benzene rings is 1. The van der Waals surface area contributed by atoms with Crippen LogP contribution in [0.2, 0.25) is 0 Å². The number of amides is 1. The standard InChI is InChI=1S/C12H7BrFN3O3/c13-11-4-1-7(6-15-11)16-12(18)9-3-2-8(17(19)20)5-10(9)14/h1-6H,(H,16,18). The summed E-state index contributed by atoms with van der Waals surface area (Å²) in [5, 5.41) is 12.9. The number of rotatable bonds is 3. The maximum Gasteiger partial charge on any atom is 0.272 e. The van der Waals surface area contributed by atoms with Crippen LogP contribution in [0, 0.1) is 15.9 Å². The summed E-state index contributed by atoms with van der Waals surface area (Å²) in [6.45, 7) is 0. The quantitative estimate of drug-likeness (QED) is 0.528. The number of non-ortho nitro benzene ring substituents is 1. The van der Waals surface area contributed by atoms with Gasteiger partial charge in [0, 0.05) is 6.07 Å². The van der Waals surface area contributed by atoms with E-state index < -0.39 is 22.3 Å². The van der Waals surface area contributed by atoms with Crippen LogP contribution in [-0.4, -0.2) is 15.8 Å². The molecule has 102 valence electrons. The highest BCUT2D eigenvalue weighted by Gasteiger charge is 2.16. The molecule has 2 aromatic rings. The van der Waals surface area contributed by atoms with E-state index in [0.717, 1.165) is 12.1 Å². The van der Waals surface area contributed by atoms with Gasteiger partial charge in [0.2, 0.25) is 0 Å². The average Bonchev–Trinajstić information content (AvgIpc) is 2.41. The second-order valence-corrected chi connectivity index (χ2v) is 4.56. The Labute approximate surface area is 120 Å². The first-order valence-electron chi connectivity index (χ1n) is 5.34. The Kier molecular flexibility index (Phi) is 4.04. The largest absolute Gasteiger partial charge is 0.320 e. The van der Waals surface area contributed by atoms with Gasteiger partial charge in [0.05, 0.1) is 28.4 Å². The van der Waals surface area contributed by atoms with E-state index in [1.54, 1.807) is 12.1 Å². The van der Waals surface area contributed by atoms with E-state index in [4.69, 9.17) is 0 Å². The minimum Gasteiger partial charge on any atom is -0.320 e. The highest BCUT2D eigenvalue weighted by atomic mass is 79.9. The molecule has 1 N–H and O–H groups in total.